The van der Waals surface area contributed by atoms with Gasteiger partial charge in [-0.1, -0.05) is 22.0 Å². The van der Waals surface area contributed by atoms with Crippen molar-refractivity contribution < 1.29 is 4.74 Å². The van der Waals surface area contributed by atoms with Crippen LogP contribution in [-0.4, -0.2) is 11.2 Å². The van der Waals surface area contributed by atoms with Crippen molar-refractivity contribution in [3.8, 4) is 5.75 Å². The molecule has 26 heavy (non-hydrogen) atoms. The summed E-state index contributed by atoms with van der Waals surface area (Å²) >= 11 is 3.64. The van der Waals surface area contributed by atoms with Crippen LogP contribution in [-0.2, 0) is 19.4 Å². The Balaban J connectivity index is 1.50. The SMILES string of the molecule is Cc1cc(C)cc(OCCCn2c3c(c4cc(Br)ccc42)CCCC3)c1. The van der Waals surface area contributed by atoms with E-state index in [-0.39, 0.29) is 0 Å². The van der Waals surface area contributed by atoms with E-state index in [2.05, 4.69) is 70.7 Å². The smallest absolute Gasteiger partial charge is 0.119 e. The fraction of sp³-hybridized carbons (Fsp3) is 0.391. The first kappa shape index (κ1) is 17.7. The zero-order chi connectivity index (χ0) is 18.1. The van der Waals surface area contributed by atoms with E-state index in [1.54, 1.807) is 11.3 Å². The highest BCUT2D eigenvalue weighted by molar-refractivity contribution is 9.10. The Hall–Kier alpha value is -1.74. The van der Waals surface area contributed by atoms with E-state index in [9.17, 15) is 0 Å². The van der Waals surface area contributed by atoms with Crippen LogP contribution in [0.15, 0.2) is 40.9 Å². The zero-order valence-corrected chi connectivity index (χ0v) is 17.2. The van der Waals surface area contributed by atoms with Crippen molar-refractivity contribution >= 4 is 26.8 Å². The second-order valence-corrected chi connectivity index (χ2v) is 8.39. The maximum atomic E-state index is 6.02. The molecule has 0 unspecified atom stereocenters. The summed E-state index contributed by atoms with van der Waals surface area (Å²) < 4.78 is 9.74. The second-order valence-electron chi connectivity index (χ2n) is 7.47. The van der Waals surface area contributed by atoms with Gasteiger partial charge in [0.05, 0.1) is 6.61 Å². The average molecular weight is 412 g/mol. The van der Waals surface area contributed by atoms with Crippen LogP contribution < -0.4 is 4.74 Å². The largest absolute Gasteiger partial charge is 0.494 e. The molecule has 4 rings (SSSR count). The van der Waals surface area contributed by atoms with E-state index in [1.165, 1.54) is 52.2 Å². The highest BCUT2D eigenvalue weighted by atomic mass is 79.9. The molecular formula is C23H26BrNO. The van der Waals surface area contributed by atoms with Crippen molar-refractivity contribution in [3.63, 3.8) is 0 Å². The lowest BCUT2D eigenvalue weighted by Crippen LogP contribution is -2.10. The molecule has 2 aromatic carbocycles. The molecular weight excluding hydrogens is 386 g/mol. The Morgan fingerprint density at radius 1 is 1.00 bits per heavy atom. The lowest BCUT2D eigenvalue weighted by molar-refractivity contribution is 0.301. The van der Waals surface area contributed by atoms with Gasteiger partial charge in [-0.3, -0.25) is 0 Å². The molecule has 0 radical (unpaired) electrons. The van der Waals surface area contributed by atoms with Crippen LogP contribution >= 0.6 is 15.9 Å². The fourth-order valence-corrected chi connectivity index (χ4v) is 4.65. The van der Waals surface area contributed by atoms with Gasteiger partial charge < -0.3 is 9.30 Å². The topological polar surface area (TPSA) is 14.2 Å². The van der Waals surface area contributed by atoms with E-state index >= 15 is 0 Å². The molecule has 1 aliphatic carbocycles. The van der Waals surface area contributed by atoms with E-state index in [1.807, 2.05) is 0 Å². The van der Waals surface area contributed by atoms with Crippen LogP contribution in [0.5, 0.6) is 5.75 Å². The normalized spacial score (nSPS) is 13.8. The highest BCUT2D eigenvalue weighted by Gasteiger charge is 2.19. The van der Waals surface area contributed by atoms with Gasteiger partial charge in [-0.05, 0) is 93.0 Å². The first-order valence-electron chi connectivity index (χ1n) is 9.62. The van der Waals surface area contributed by atoms with Crippen LogP contribution in [0.3, 0.4) is 0 Å². The summed E-state index contributed by atoms with van der Waals surface area (Å²) in [7, 11) is 0. The van der Waals surface area contributed by atoms with Gasteiger partial charge in [-0.2, -0.15) is 0 Å². The quantitative estimate of drug-likeness (QED) is 0.444. The molecule has 0 atom stereocenters. The number of fused-ring (bicyclic) bond motifs is 3. The lowest BCUT2D eigenvalue weighted by Gasteiger charge is -2.16. The number of benzene rings is 2. The van der Waals surface area contributed by atoms with Crippen LogP contribution in [0.2, 0.25) is 0 Å². The molecule has 0 spiro atoms. The van der Waals surface area contributed by atoms with E-state index in [4.69, 9.17) is 4.74 Å². The summed E-state index contributed by atoms with van der Waals surface area (Å²) in [5.41, 5.74) is 7.03. The van der Waals surface area contributed by atoms with Gasteiger partial charge in [0.2, 0.25) is 0 Å². The molecule has 3 heteroatoms. The Bertz CT molecular complexity index is 921. The van der Waals surface area contributed by atoms with Crippen molar-refractivity contribution in [2.75, 3.05) is 6.61 Å². The minimum Gasteiger partial charge on any atom is -0.494 e. The molecule has 3 aromatic rings. The number of hydrogen-bond donors (Lipinski definition) is 0. The molecule has 1 heterocycles. The molecule has 0 amide bonds. The van der Waals surface area contributed by atoms with Gasteiger partial charge in [0.25, 0.3) is 0 Å². The van der Waals surface area contributed by atoms with Gasteiger partial charge >= 0.3 is 0 Å². The Kier molecular flexibility index (Phi) is 5.08. The van der Waals surface area contributed by atoms with Crippen molar-refractivity contribution in [3.05, 3.63) is 63.3 Å². The summed E-state index contributed by atoms with van der Waals surface area (Å²) in [5, 5.41) is 1.43. The molecule has 1 aliphatic rings. The van der Waals surface area contributed by atoms with E-state index in [0.717, 1.165) is 25.3 Å². The van der Waals surface area contributed by atoms with Gasteiger partial charge in [0.15, 0.2) is 0 Å². The van der Waals surface area contributed by atoms with Crippen molar-refractivity contribution in [1.82, 2.24) is 4.57 Å². The first-order chi connectivity index (χ1) is 12.6. The predicted octanol–water partition coefficient (Wildman–Crippen LogP) is 6.37. The predicted molar refractivity (Wildman–Crippen MR) is 112 cm³/mol. The second kappa shape index (κ2) is 7.48. The number of ether oxygens (including phenoxy) is 1. The number of aromatic nitrogens is 1. The molecule has 0 fully saturated rings. The number of rotatable bonds is 5. The van der Waals surface area contributed by atoms with Crippen LogP contribution in [0.1, 0.15) is 41.6 Å². The molecule has 136 valence electrons. The maximum absolute atomic E-state index is 6.02. The minimum absolute atomic E-state index is 0.758. The molecule has 0 N–H and O–H groups in total. The molecule has 0 aliphatic heterocycles. The Morgan fingerprint density at radius 3 is 2.58 bits per heavy atom. The number of nitrogens with zero attached hydrogens (tertiary/aromatic N) is 1. The number of halogens is 1. The Labute approximate surface area is 164 Å². The van der Waals surface area contributed by atoms with Crippen molar-refractivity contribution in [2.24, 2.45) is 0 Å². The third-order valence-electron chi connectivity index (χ3n) is 5.33. The molecule has 0 saturated carbocycles. The fourth-order valence-electron chi connectivity index (χ4n) is 4.29. The van der Waals surface area contributed by atoms with E-state index < -0.39 is 0 Å². The highest BCUT2D eigenvalue weighted by Crippen LogP contribution is 2.34. The maximum Gasteiger partial charge on any atom is 0.119 e. The third kappa shape index (κ3) is 3.55. The third-order valence-corrected chi connectivity index (χ3v) is 5.82. The van der Waals surface area contributed by atoms with Gasteiger partial charge in [0, 0.05) is 27.6 Å². The molecule has 0 saturated heterocycles. The van der Waals surface area contributed by atoms with E-state index in [0.29, 0.717) is 0 Å². The molecule has 2 nitrogen and oxygen atoms in total. The monoisotopic (exact) mass is 411 g/mol. The molecule has 1 aromatic heterocycles. The number of hydrogen-bond acceptors (Lipinski definition) is 1. The van der Waals surface area contributed by atoms with Gasteiger partial charge in [0.1, 0.15) is 5.75 Å². The zero-order valence-electron chi connectivity index (χ0n) is 15.6. The van der Waals surface area contributed by atoms with Crippen LogP contribution in [0, 0.1) is 13.8 Å². The number of aryl methyl sites for hydroxylation is 4. The molecule has 0 bridgehead atoms. The van der Waals surface area contributed by atoms with Crippen LogP contribution in [0.4, 0.5) is 0 Å². The van der Waals surface area contributed by atoms with Crippen LogP contribution in [0.25, 0.3) is 10.9 Å². The first-order valence-corrected chi connectivity index (χ1v) is 10.4. The Morgan fingerprint density at radius 2 is 1.77 bits per heavy atom. The van der Waals surface area contributed by atoms with Crippen molar-refractivity contribution in [2.45, 2.75) is 52.5 Å². The lowest BCUT2D eigenvalue weighted by atomic mass is 9.95. The summed E-state index contributed by atoms with van der Waals surface area (Å²) in [5.74, 6) is 0.992. The standard InChI is InChI=1S/C23H26BrNO/c1-16-12-17(2)14-19(13-16)26-11-5-10-25-22-7-4-3-6-20(22)21-15-18(24)8-9-23(21)25/h8-9,12-15H,3-7,10-11H2,1-2H3. The van der Waals surface area contributed by atoms with Gasteiger partial charge in [-0.15, -0.1) is 0 Å². The summed E-state index contributed by atoms with van der Waals surface area (Å²) in [6, 6.07) is 13.2. The van der Waals surface area contributed by atoms with Gasteiger partial charge in [-0.25, -0.2) is 0 Å². The summed E-state index contributed by atoms with van der Waals surface area (Å²) in [6.07, 6.45) is 6.07. The average Bonchev–Trinajstić information content (AvgIpc) is 2.91. The summed E-state index contributed by atoms with van der Waals surface area (Å²) in [4.78, 5) is 0. The van der Waals surface area contributed by atoms with Crippen molar-refractivity contribution in [1.29, 1.82) is 0 Å². The minimum atomic E-state index is 0.758. The summed E-state index contributed by atoms with van der Waals surface area (Å²) in [6.45, 7) is 6.03.